The maximum Gasteiger partial charge on any atom is 0.410 e. The van der Waals surface area contributed by atoms with Gasteiger partial charge in [-0.25, -0.2) is 9.59 Å². The molecule has 0 fully saturated rings. The Morgan fingerprint density at radius 1 is 1.27 bits per heavy atom. The number of ether oxygens (including phenoxy) is 2. The van der Waals surface area contributed by atoms with Crippen LogP contribution in [0.5, 0.6) is 0 Å². The number of aromatic nitrogens is 2. The average Bonchev–Trinajstić information content (AvgIpc) is 3.10. The standard InChI is InChI=1S/C19H28N4O5.C2H6/c1-7-27-17(25)12(2)10-22(6)16(24)15-13-11-23(9-8-14(13)20-21-15)18(26)28-19(3,4)5;1-2/h2,7-11H2,1,3-6H3,(H,20,21);1-2H3. The predicted molar refractivity (Wildman–Crippen MR) is 113 cm³/mol. The summed E-state index contributed by atoms with van der Waals surface area (Å²) in [4.78, 5) is 39.8. The van der Waals surface area contributed by atoms with Crippen molar-refractivity contribution in [3.05, 3.63) is 29.1 Å². The average molecular weight is 423 g/mol. The summed E-state index contributed by atoms with van der Waals surface area (Å²) in [5.41, 5.74) is 1.29. The van der Waals surface area contributed by atoms with Crippen LogP contribution in [-0.4, -0.2) is 70.3 Å². The number of nitrogens with zero attached hydrogens (tertiary/aromatic N) is 3. The van der Waals surface area contributed by atoms with Gasteiger partial charge in [0.25, 0.3) is 5.91 Å². The first kappa shape index (κ1) is 25.2. The summed E-state index contributed by atoms with van der Waals surface area (Å²) in [7, 11) is 1.56. The fourth-order valence-electron chi connectivity index (χ4n) is 2.79. The number of nitrogens with one attached hydrogen (secondary N) is 1. The van der Waals surface area contributed by atoms with Crippen molar-refractivity contribution in [3.63, 3.8) is 0 Å². The van der Waals surface area contributed by atoms with E-state index in [1.807, 2.05) is 13.8 Å². The second-order valence-electron chi connectivity index (χ2n) is 7.67. The van der Waals surface area contributed by atoms with Gasteiger partial charge in [0.2, 0.25) is 0 Å². The number of likely N-dealkylation sites (N-methyl/N-ethyl adjacent to an activating group) is 1. The SMILES string of the molecule is C=C(CN(C)C(=O)c1n[nH]c2c1CN(C(=O)OC(C)(C)C)CC2)C(=O)OCC.CC. The fourth-order valence-corrected chi connectivity index (χ4v) is 2.79. The second-order valence-corrected chi connectivity index (χ2v) is 7.67. The van der Waals surface area contributed by atoms with Gasteiger partial charge in [-0.1, -0.05) is 20.4 Å². The number of rotatable bonds is 5. The van der Waals surface area contributed by atoms with E-state index in [-0.39, 0.29) is 36.9 Å². The molecule has 0 saturated carbocycles. The summed E-state index contributed by atoms with van der Waals surface area (Å²) >= 11 is 0. The molecule has 1 aromatic rings. The Morgan fingerprint density at radius 3 is 2.47 bits per heavy atom. The number of H-pyrrole nitrogens is 1. The third-order valence-corrected chi connectivity index (χ3v) is 4.13. The Bertz CT molecular complexity index is 779. The lowest BCUT2D eigenvalue weighted by Gasteiger charge is -2.30. The normalized spacial score (nSPS) is 12.8. The number of fused-ring (bicyclic) bond motifs is 1. The van der Waals surface area contributed by atoms with Crippen LogP contribution in [0.3, 0.4) is 0 Å². The van der Waals surface area contributed by atoms with Gasteiger partial charge in [0.05, 0.1) is 19.7 Å². The van der Waals surface area contributed by atoms with Gasteiger partial charge in [-0.15, -0.1) is 0 Å². The van der Waals surface area contributed by atoms with E-state index < -0.39 is 17.7 Å². The number of amides is 2. The first-order valence-corrected chi connectivity index (χ1v) is 10.2. The van der Waals surface area contributed by atoms with Gasteiger partial charge < -0.3 is 19.3 Å². The van der Waals surface area contributed by atoms with E-state index >= 15 is 0 Å². The Labute approximate surface area is 178 Å². The lowest BCUT2D eigenvalue weighted by Crippen LogP contribution is -2.40. The maximum absolute atomic E-state index is 12.8. The van der Waals surface area contributed by atoms with Crippen LogP contribution in [-0.2, 0) is 27.2 Å². The van der Waals surface area contributed by atoms with Crippen molar-refractivity contribution in [2.24, 2.45) is 0 Å². The first-order valence-electron chi connectivity index (χ1n) is 10.2. The lowest BCUT2D eigenvalue weighted by molar-refractivity contribution is -0.138. The summed E-state index contributed by atoms with van der Waals surface area (Å²) in [5, 5.41) is 7.01. The molecule has 0 radical (unpaired) electrons. The molecule has 9 nitrogen and oxygen atoms in total. The molecule has 30 heavy (non-hydrogen) atoms. The van der Waals surface area contributed by atoms with Crippen LogP contribution in [0, 0.1) is 0 Å². The van der Waals surface area contributed by atoms with Crippen molar-refractivity contribution in [3.8, 4) is 0 Å². The van der Waals surface area contributed by atoms with Crippen molar-refractivity contribution in [1.82, 2.24) is 20.0 Å². The zero-order valence-corrected chi connectivity index (χ0v) is 19.1. The van der Waals surface area contributed by atoms with Gasteiger partial charge >= 0.3 is 12.1 Å². The lowest BCUT2D eigenvalue weighted by atomic mass is 10.0. The van der Waals surface area contributed by atoms with Crippen LogP contribution < -0.4 is 0 Å². The van der Waals surface area contributed by atoms with E-state index in [1.165, 1.54) is 4.90 Å². The third kappa shape index (κ3) is 6.60. The number of aromatic amines is 1. The molecular formula is C21H34N4O5. The molecule has 0 unspecified atom stereocenters. The Kier molecular flexibility index (Phi) is 9.07. The molecule has 168 valence electrons. The van der Waals surface area contributed by atoms with E-state index in [0.29, 0.717) is 18.5 Å². The molecular weight excluding hydrogens is 388 g/mol. The van der Waals surface area contributed by atoms with Crippen molar-refractivity contribution in [2.45, 2.75) is 60.1 Å². The summed E-state index contributed by atoms with van der Waals surface area (Å²) in [6.45, 7) is 15.8. The number of esters is 1. The van der Waals surface area contributed by atoms with Gasteiger partial charge in [0.15, 0.2) is 5.69 Å². The van der Waals surface area contributed by atoms with Crippen molar-refractivity contribution >= 4 is 18.0 Å². The van der Waals surface area contributed by atoms with Gasteiger partial charge in [-0.05, 0) is 27.7 Å². The Hall–Kier alpha value is -2.84. The Morgan fingerprint density at radius 2 is 1.90 bits per heavy atom. The minimum absolute atomic E-state index is 0.0229. The highest BCUT2D eigenvalue weighted by molar-refractivity contribution is 5.95. The molecule has 2 heterocycles. The summed E-state index contributed by atoms with van der Waals surface area (Å²) in [5.74, 6) is -0.906. The molecule has 0 atom stereocenters. The predicted octanol–water partition coefficient (Wildman–Crippen LogP) is 2.92. The molecule has 0 aliphatic carbocycles. The molecule has 1 aliphatic heterocycles. The molecule has 0 saturated heterocycles. The van der Waals surface area contributed by atoms with Crippen molar-refractivity contribution in [1.29, 1.82) is 0 Å². The van der Waals surface area contributed by atoms with E-state index in [2.05, 4.69) is 16.8 Å². The fraction of sp³-hybridized carbons (Fsp3) is 0.619. The van der Waals surface area contributed by atoms with Crippen LogP contribution in [0.1, 0.15) is 63.3 Å². The molecule has 2 amide bonds. The van der Waals surface area contributed by atoms with E-state index in [9.17, 15) is 14.4 Å². The molecule has 0 aromatic carbocycles. The maximum atomic E-state index is 12.8. The molecule has 0 spiro atoms. The topological polar surface area (TPSA) is 105 Å². The third-order valence-electron chi connectivity index (χ3n) is 4.13. The minimum atomic E-state index is -0.597. The molecule has 1 aliphatic rings. The number of hydrogen-bond donors (Lipinski definition) is 1. The molecule has 1 N–H and O–H groups in total. The van der Waals surface area contributed by atoms with Crippen LogP contribution in [0.2, 0.25) is 0 Å². The van der Waals surface area contributed by atoms with Crippen LogP contribution in [0.25, 0.3) is 0 Å². The second kappa shape index (κ2) is 10.8. The first-order chi connectivity index (χ1) is 14.0. The van der Waals surface area contributed by atoms with Gasteiger partial charge in [0.1, 0.15) is 5.60 Å². The minimum Gasteiger partial charge on any atom is -0.463 e. The highest BCUT2D eigenvalue weighted by atomic mass is 16.6. The number of hydrogen-bond acceptors (Lipinski definition) is 6. The zero-order valence-electron chi connectivity index (χ0n) is 19.1. The summed E-state index contributed by atoms with van der Waals surface area (Å²) in [6, 6.07) is 0. The van der Waals surface area contributed by atoms with Crippen LogP contribution >= 0.6 is 0 Å². The van der Waals surface area contributed by atoms with Crippen molar-refractivity contribution in [2.75, 3.05) is 26.7 Å². The monoisotopic (exact) mass is 422 g/mol. The highest BCUT2D eigenvalue weighted by Crippen LogP contribution is 2.23. The molecule has 0 bridgehead atoms. The van der Waals surface area contributed by atoms with Crippen LogP contribution in [0.15, 0.2) is 12.2 Å². The summed E-state index contributed by atoms with van der Waals surface area (Å²) in [6.07, 6.45) is 0.121. The van der Waals surface area contributed by atoms with Gasteiger partial charge in [-0.2, -0.15) is 5.10 Å². The molecule has 2 rings (SSSR count). The Balaban J connectivity index is 0.00000218. The van der Waals surface area contributed by atoms with Crippen molar-refractivity contribution < 1.29 is 23.9 Å². The smallest absolute Gasteiger partial charge is 0.410 e. The van der Waals surface area contributed by atoms with E-state index in [4.69, 9.17) is 9.47 Å². The van der Waals surface area contributed by atoms with E-state index in [1.54, 1.807) is 39.6 Å². The van der Waals surface area contributed by atoms with Gasteiger partial charge in [-0.3, -0.25) is 9.89 Å². The van der Waals surface area contributed by atoms with Gasteiger partial charge in [0, 0.05) is 36.8 Å². The molecule has 1 aromatic heterocycles. The summed E-state index contributed by atoms with van der Waals surface area (Å²) < 4.78 is 10.3. The van der Waals surface area contributed by atoms with E-state index in [0.717, 1.165) is 5.69 Å². The zero-order chi connectivity index (χ0) is 23.1. The molecule has 9 heteroatoms. The number of carbonyl (C=O) groups is 3. The van der Waals surface area contributed by atoms with Crippen LogP contribution in [0.4, 0.5) is 4.79 Å². The highest BCUT2D eigenvalue weighted by Gasteiger charge is 2.31. The quantitative estimate of drug-likeness (QED) is 0.578. The number of carbonyl (C=O) groups excluding carboxylic acids is 3. The largest absolute Gasteiger partial charge is 0.463 e.